The molecular weight excluding hydrogens is 281 g/mol. The molecule has 1 heterocycles. The minimum atomic E-state index is -4.14. The molecule has 1 aliphatic rings. The third kappa shape index (κ3) is 7.02. The molecule has 4 nitrogen and oxygen atoms in total. The third-order valence-corrected chi connectivity index (χ3v) is 3.61. The highest BCUT2D eigenvalue weighted by Gasteiger charge is 2.29. The maximum absolute atomic E-state index is 12.2. The number of likely N-dealkylation sites (tertiary alicyclic amines) is 1. The van der Waals surface area contributed by atoms with Crippen molar-refractivity contribution < 1.29 is 13.2 Å². The van der Waals surface area contributed by atoms with Crippen LogP contribution in [0.4, 0.5) is 13.2 Å². The highest BCUT2D eigenvalue weighted by atomic mass is 19.4. The van der Waals surface area contributed by atoms with Crippen LogP contribution in [-0.2, 0) is 0 Å². The van der Waals surface area contributed by atoms with Gasteiger partial charge in [-0.25, -0.2) is 0 Å². The lowest BCUT2D eigenvalue weighted by atomic mass is 9.92. The molecular formula is C14H27F3N4. The van der Waals surface area contributed by atoms with Gasteiger partial charge in [0, 0.05) is 33.2 Å². The molecule has 2 atom stereocenters. The number of alkyl halides is 3. The maximum Gasteiger partial charge on any atom is 0.401 e. The Hall–Kier alpha value is -0.980. The van der Waals surface area contributed by atoms with Crippen LogP contribution in [0.15, 0.2) is 4.99 Å². The molecule has 124 valence electrons. The summed E-state index contributed by atoms with van der Waals surface area (Å²) in [5.41, 5.74) is 0. The zero-order chi connectivity index (χ0) is 16.0. The van der Waals surface area contributed by atoms with Crippen LogP contribution in [0, 0.1) is 11.8 Å². The largest absolute Gasteiger partial charge is 0.401 e. The number of guanidine groups is 1. The number of nitrogens with one attached hydrogen (secondary N) is 1. The molecule has 0 aromatic heterocycles. The van der Waals surface area contributed by atoms with Crippen LogP contribution in [0.2, 0.25) is 0 Å². The van der Waals surface area contributed by atoms with Crippen LogP contribution in [0.1, 0.15) is 20.3 Å². The third-order valence-electron chi connectivity index (χ3n) is 3.61. The monoisotopic (exact) mass is 308 g/mol. The second-order valence-corrected chi connectivity index (χ2v) is 6.18. The van der Waals surface area contributed by atoms with E-state index in [-0.39, 0.29) is 0 Å². The molecule has 1 rings (SSSR count). The number of hydrogen-bond donors (Lipinski definition) is 1. The Kier molecular flexibility index (Phi) is 6.77. The van der Waals surface area contributed by atoms with E-state index >= 15 is 0 Å². The summed E-state index contributed by atoms with van der Waals surface area (Å²) in [5.74, 6) is 2.01. The normalized spacial score (nSPS) is 24.6. The minimum Gasteiger partial charge on any atom is -0.355 e. The first-order valence-corrected chi connectivity index (χ1v) is 7.42. The first-order chi connectivity index (χ1) is 9.71. The van der Waals surface area contributed by atoms with Gasteiger partial charge < -0.3 is 10.2 Å². The van der Waals surface area contributed by atoms with Gasteiger partial charge in [0.05, 0.1) is 6.54 Å². The fourth-order valence-corrected chi connectivity index (χ4v) is 2.91. The van der Waals surface area contributed by atoms with E-state index in [0.29, 0.717) is 24.9 Å². The number of likely N-dealkylation sites (N-methyl/N-ethyl adjacent to an activating group) is 1. The summed E-state index contributed by atoms with van der Waals surface area (Å²) >= 11 is 0. The molecule has 0 aliphatic carbocycles. The van der Waals surface area contributed by atoms with Gasteiger partial charge in [0.15, 0.2) is 5.96 Å². The van der Waals surface area contributed by atoms with E-state index in [1.54, 1.807) is 7.05 Å². The highest BCUT2D eigenvalue weighted by Crippen LogP contribution is 2.20. The zero-order valence-corrected chi connectivity index (χ0v) is 13.4. The SMILES string of the molecule is CN=C(NCCN(C)CC(F)(F)F)N1CC(C)CC(C)C1. The standard InChI is InChI=1S/C14H27F3N4/c1-11-7-12(2)9-21(8-11)13(18-3)19-5-6-20(4)10-14(15,16)17/h11-12H,5-10H2,1-4H3,(H,18,19). The first kappa shape index (κ1) is 18.1. The summed E-state index contributed by atoms with van der Waals surface area (Å²) in [5, 5.41) is 3.16. The second-order valence-electron chi connectivity index (χ2n) is 6.18. The van der Waals surface area contributed by atoms with Crippen LogP contribution in [0.25, 0.3) is 0 Å². The van der Waals surface area contributed by atoms with Crippen LogP contribution in [0.3, 0.4) is 0 Å². The second kappa shape index (κ2) is 7.87. The van der Waals surface area contributed by atoms with E-state index in [1.165, 1.54) is 18.4 Å². The van der Waals surface area contributed by atoms with Crippen molar-refractivity contribution in [2.75, 3.05) is 46.8 Å². The molecule has 0 amide bonds. The summed E-state index contributed by atoms with van der Waals surface area (Å²) in [6.07, 6.45) is -2.93. The number of rotatable bonds is 4. The average Bonchev–Trinajstić information content (AvgIpc) is 2.31. The Bertz CT molecular complexity index is 334. The van der Waals surface area contributed by atoms with E-state index in [1.807, 2.05) is 0 Å². The van der Waals surface area contributed by atoms with E-state index in [9.17, 15) is 13.2 Å². The Balaban J connectivity index is 2.38. The molecule has 1 saturated heterocycles. The Morgan fingerprint density at radius 2 is 1.86 bits per heavy atom. The predicted octanol–water partition coefficient (Wildman–Crippen LogP) is 2.03. The molecule has 2 unspecified atom stereocenters. The molecule has 0 saturated carbocycles. The fourth-order valence-electron chi connectivity index (χ4n) is 2.91. The Morgan fingerprint density at radius 3 is 2.33 bits per heavy atom. The van der Waals surface area contributed by atoms with E-state index < -0.39 is 12.7 Å². The molecule has 0 spiro atoms. The van der Waals surface area contributed by atoms with Crippen LogP contribution >= 0.6 is 0 Å². The number of hydrogen-bond acceptors (Lipinski definition) is 2. The molecule has 1 N–H and O–H groups in total. The lowest BCUT2D eigenvalue weighted by Crippen LogP contribution is -2.49. The van der Waals surface area contributed by atoms with Gasteiger partial charge in [-0.3, -0.25) is 9.89 Å². The van der Waals surface area contributed by atoms with Crippen molar-refractivity contribution in [3.05, 3.63) is 0 Å². The average molecular weight is 308 g/mol. The lowest BCUT2D eigenvalue weighted by Gasteiger charge is -2.37. The molecule has 0 radical (unpaired) electrons. The molecule has 0 bridgehead atoms. The van der Waals surface area contributed by atoms with Gasteiger partial charge in [0.2, 0.25) is 0 Å². The van der Waals surface area contributed by atoms with E-state index in [2.05, 4.69) is 29.1 Å². The predicted molar refractivity (Wildman–Crippen MR) is 79.4 cm³/mol. The summed E-state index contributed by atoms with van der Waals surface area (Å²) in [6, 6.07) is 0. The summed E-state index contributed by atoms with van der Waals surface area (Å²) in [4.78, 5) is 7.71. The number of nitrogens with zero attached hydrogens (tertiary/aromatic N) is 3. The van der Waals surface area contributed by atoms with Crippen LogP contribution in [-0.4, -0.2) is 68.8 Å². The first-order valence-electron chi connectivity index (χ1n) is 7.42. The Labute approximate surface area is 125 Å². The van der Waals surface area contributed by atoms with Gasteiger partial charge in [-0.1, -0.05) is 13.8 Å². The molecule has 0 aromatic rings. The number of piperidine rings is 1. The smallest absolute Gasteiger partial charge is 0.355 e. The van der Waals surface area contributed by atoms with Crippen molar-refractivity contribution in [1.82, 2.24) is 15.1 Å². The van der Waals surface area contributed by atoms with Crippen molar-refractivity contribution in [3.63, 3.8) is 0 Å². The Morgan fingerprint density at radius 1 is 1.29 bits per heavy atom. The highest BCUT2D eigenvalue weighted by molar-refractivity contribution is 5.80. The van der Waals surface area contributed by atoms with Gasteiger partial charge in [0.25, 0.3) is 0 Å². The topological polar surface area (TPSA) is 30.9 Å². The van der Waals surface area contributed by atoms with Gasteiger partial charge in [-0.15, -0.1) is 0 Å². The van der Waals surface area contributed by atoms with Gasteiger partial charge in [0.1, 0.15) is 0 Å². The van der Waals surface area contributed by atoms with Crippen molar-refractivity contribution in [3.8, 4) is 0 Å². The van der Waals surface area contributed by atoms with Gasteiger partial charge >= 0.3 is 6.18 Å². The van der Waals surface area contributed by atoms with Gasteiger partial charge in [-0.05, 0) is 25.3 Å². The van der Waals surface area contributed by atoms with Crippen LogP contribution < -0.4 is 5.32 Å². The fraction of sp³-hybridized carbons (Fsp3) is 0.929. The molecule has 1 aliphatic heterocycles. The molecule has 7 heteroatoms. The van der Waals surface area contributed by atoms with Gasteiger partial charge in [-0.2, -0.15) is 13.2 Å². The van der Waals surface area contributed by atoms with Crippen LogP contribution in [0.5, 0.6) is 0 Å². The molecule has 1 fully saturated rings. The van der Waals surface area contributed by atoms with E-state index in [0.717, 1.165) is 19.0 Å². The summed E-state index contributed by atoms with van der Waals surface area (Å²) in [7, 11) is 3.19. The van der Waals surface area contributed by atoms with Crippen molar-refractivity contribution >= 4 is 5.96 Å². The van der Waals surface area contributed by atoms with Crippen molar-refractivity contribution in [2.45, 2.75) is 26.4 Å². The quantitative estimate of drug-likeness (QED) is 0.637. The number of aliphatic imine (C=N–C) groups is 1. The molecule has 0 aromatic carbocycles. The van der Waals surface area contributed by atoms with Crippen molar-refractivity contribution in [1.29, 1.82) is 0 Å². The summed E-state index contributed by atoms with van der Waals surface area (Å²) in [6.45, 7) is 6.23. The molecule has 21 heavy (non-hydrogen) atoms. The van der Waals surface area contributed by atoms with Crippen molar-refractivity contribution in [2.24, 2.45) is 16.8 Å². The van der Waals surface area contributed by atoms with E-state index in [4.69, 9.17) is 0 Å². The summed E-state index contributed by atoms with van der Waals surface area (Å²) < 4.78 is 36.7. The minimum absolute atomic E-state index is 0.331. The number of halogens is 3. The lowest BCUT2D eigenvalue weighted by molar-refractivity contribution is -0.142. The zero-order valence-electron chi connectivity index (χ0n) is 13.4. The maximum atomic E-state index is 12.2.